The van der Waals surface area contributed by atoms with Gasteiger partial charge in [-0.25, -0.2) is 0 Å². The van der Waals surface area contributed by atoms with Crippen LogP contribution in [-0.2, 0) is 0 Å². The summed E-state index contributed by atoms with van der Waals surface area (Å²) in [6.45, 7) is 4.06. The summed E-state index contributed by atoms with van der Waals surface area (Å²) in [5.41, 5.74) is 0. The molecule has 1 rings (SSSR count). The molecular weight excluding hydrogens is 241 g/mol. The monoisotopic (exact) mass is 266 g/mol. The highest BCUT2D eigenvalue weighted by Crippen LogP contribution is 2.44. The van der Waals surface area contributed by atoms with Gasteiger partial charge in [0.05, 0.1) is 12.0 Å². The van der Waals surface area contributed by atoms with E-state index in [4.69, 9.17) is 0 Å². The van der Waals surface area contributed by atoms with Crippen LogP contribution < -0.4 is 0 Å². The minimum absolute atomic E-state index is 0.189. The second-order valence-corrected chi connectivity index (χ2v) is 5.58. The highest BCUT2D eigenvalue weighted by atomic mass is 19.4. The Labute approximate surface area is 108 Å². The summed E-state index contributed by atoms with van der Waals surface area (Å²) in [4.78, 5) is 0. The van der Waals surface area contributed by atoms with Crippen LogP contribution in [0, 0.1) is 17.8 Å². The molecule has 0 saturated heterocycles. The summed E-state index contributed by atoms with van der Waals surface area (Å²) in [6, 6.07) is 0. The van der Waals surface area contributed by atoms with Gasteiger partial charge in [-0.3, -0.25) is 0 Å². The molecule has 0 aliphatic heterocycles. The predicted octanol–water partition coefficient (Wildman–Crippen LogP) is 4.54. The minimum Gasteiger partial charge on any atom is -0.393 e. The number of rotatable bonds is 5. The number of hydrogen-bond donors (Lipinski definition) is 1. The summed E-state index contributed by atoms with van der Waals surface area (Å²) in [5, 5.41) is 10.1. The van der Waals surface area contributed by atoms with E-state index in [0.29, 0.717) is 25.2 Å². The van der Waals surface area contributed by atoms with E-state index in [-0.39, 0.29) is 6.42 Å². The van der Waals surface area contributed by atoms with E-state index in [1.165, 1.54) is 0 Å². The second-order valence-electron chi connectivity index (χ2n) is 5.58. The third-order valence-corrected chi connectivity index (χ3v) is 4.46. The Bertz CT molecular complexity index is 236. The van der Waals surface area contributed by atoms with Crippen molar-refractivity contribution in [1.82, 2.24) is 0 Å². The van der Waals surface area contributed by atoms with Crippen LogP contribution >= 0.6 is 0 Å². The van der Waals surface area contributed by atoms with Crippen molar-refractivity contribution >= 4 is 0 Å². The van der Waals surface area contributed by atoms with Crippen molar-refractivity contribution in [3.8, 4) is 0 Å². The van der Waals surface area contributed by atoms with Crippen molar-refractivity contribution < 1.29 is 18.3 Å². The van der Waals surface area contributed by atoms with Gasteiger partial charge >= 0.3 is 6.18 Å². The molecule has 0 aromatic rings. The zero-order chi connectivity index (χ0) is 13.8. The maximum Gasteiger partial charge on any atom is 0.392 e. The van der Waals surface area contributed by atoms with E-state index >= 15 is 0 Å². The molecule has 4 heteroatoms. The molecule has 1 aliphatic carbocycles. The van der Waals surface area contributed by atoms with Crippen molar-refractivity contribution in [3.05, 3.63) is 0 Å². The Kier molecular flexibility index (Phi) is 5.96. The normalized spacial score (nSPS) is 27.5. The van der Waals surface area contributed by atoms with E-state index in [1.807, 2.05) is 13.8 Å². The smallest absolute Gasteiger partial charge is 0.392 e. The number of aliphatic hydroxyl groups excluding tert-OH is 1. The van der Waals surface area contributed by atoms with Gasteiger partial charge in [-0.1, -0.05) is 39.5 Å². The largest absolute Gasteiger partial charge is 0.393 e. The summed E-state index contributed by atoms with van der Waals surface area (Å²) >= 11 is 0. The molecule has 0 aromatic carbocycles. The van der Waals surface area contributed by atoms with Gasteiger partial charge in [0, 0.05) is 0 Å². The van der Waals surface area contributed by atoms with Crippen molar-refractivity contribution in [3.63, 3.8) is 0 Å². The van der Waals surface area contributed by atoms with Crippen LogP contribution in [-0.4, -0.2) is 17.4 Å². The molecule has 0 bridgehead atoms. The van der Waals surface area contributed by atoms with Gasteiger partial charge in [0.15, 0.2) is 0 Å². The molecule has 3 atom stereocenters. The molecule has 1 aliphatic rings. The molecule has 0 heterocycles. The van der Waals surface area contributed by atoms with Crippen LogP contribution in [0.4, 0.5) is 13.2 Å². The molecule has 0 spiro atoms. The van der Waals surface area contributed by atoms with E-state index in [9.17, 15) is 18.3 Å². The average molecular weight is 266 g/mol. The summed E-state index contributed by atoms with van der Waals surface area (Å²) in [7, 11) is 0. The van der Waals surface area contributed by atoms with E-state index in [0.717, 1.165) is 19.3 Å². The molecule has 0 amide bonds. The molecule has 3 unspecified atom stereocenters. The molecule has 1 fully saturated rings. The lowest BCUT2D eigenvalue weighted by Crippen LogP contribution is -2.40. The van der Waals surface area contributed by atoms with Crippen LogP contribution in [0.5, 0.6) is 0 Å². The molecule has 0 aromatic heterocycles. The number of hydrogen-bond acceptors (Lipinski definition) is 1. The number of aliphatic hydroxyl groups is 1. The highest BCUT2D eigenvalue weighted by molar-refractivity contribution is 4.85. The molecule has 1 saturated carbocycles. The molecule has 108 valence electrons. The first kappa shape index (κ1) is 15.8. The molecule has 0 radical (unpaired) electrons. The maximum absolute atomic E-state index is 12.9. The number of alkyl halides is 3. The van der Waals surface area contributed by atoms with E-state index < -0.39 is 24.1 Å². The van der Waals surface area contributed by atoms with Crippen LogP contribution in [0.3, 0.4) is 0 Å². The third kappa shape index (κ3) is 4.15. The lowest BCUT2D eigenvalue weighted by molar-refractivity contribution is -0.207. The fraction of sp³-hybridized carbons (Fsp3) is 1.00. The fourth-order valence-corrected chi connectivity index (χ4v) is 3.16. The standard InChI is InChI=1S/C14H25F3O/c1-3-10(4-2)9-13(18)11-7-5-6-8-12(11)14(15,16)17/h10-13,18H,3-9H2,1-2H3. The molecule has 1 N–H and O–H groups in total. The van der Waals surface area contributed by atoms with Crippen molar-refractivity contribution in [2.45, 2.75) is 71.1 Å². The average Bonchev–Trinajstić information content (AvgIpc) is 2.34. The van der Waals surface area contributed by atoms with Gasteiger partial charge < -0.3 is 5.11 Å². The van der Waals surface area contributed by atoms with Crippen molar-refractivity contribution in [1.29, 1.82) is 0 Å². The summed E-state index contributed by atoms with van der Waals surface area (Å²) < 4.78 is 38.8. The zero-order valence-electron chi connectivity index (χ0n) is 11.3. The predicted molar refractivity (Wildman–Crippen MR) is 66.2 cm³/mol. The Morgan fingerprint density at radius 2 is 1.67 bits per heavy atom. The van der Waals surface area contributed by atoms with Crippen molar-refractivity contribution in [2.75, 3.05) is 0 Å². The van der Waals surface area contributed by atoms with E-state index in [2.05, 4.69) is 0 Å². The maximum atomic E-state index is 12.9. The molecular formula is C14H25F3O. The van der Waals surface area contributed by atoms with Gasteiger partial charge in [-0.2, -0.15) is 13.2 Å². The highest BCUT2D eigenvalue weighted by Gasteiger charge is 2.47. The van der Waals surface area contributed by atoms with Crippen LogP contribution in [0.2, 0.25) is 0 Å². The Morgan fingerprint density at radius 3 is 2.17 bits per heavy atom. The second kappa shape index (κ2) is 6.78. The summed E-state index contributed by atoms with van der Waals surface area (Å²) in [6.07, 6.45) is -0.408. The first-order chi connectivity index (χ1) is 8.40. The Hall–Kier alpha value is -0.250. The van der Waals surface area contributed by atoms with Gasteiger partial charge in [0.25, 0.3) is 0 Å². The fourth-order valence-electron chi connectivity index (χ4n) is 3.16. The van der Waals surface area contributed by atoms with Gasteiger partial charge in [0.1, 0.15) is 0 Å². The lowest BCUT2D eigenvalue weighted by Gasteiger charge is -2.37. The van der Waals surface area contributed by atoms with Gasteiger partial charge in [-0.05, 0) is 31.1 Å². The van der Waals surface area contributed by atoms with Gasteiger partial charge in [0.2, 0.25) is 0 Å². The molecule has 1 nitrogen and oxygen atoms in total. The number of halogens is 3. The molecule has 18 heavy (non-hydrogen) atoms. The minimum atomic E-state index is -4.15. The Morgan fingerprint density at radius 1 is 1.11 bits per heavy atom. The van der Waals surface area contributed by atoms with Crippen LogP contribution in [0.1, 0.15) is 58.8 Å². The van der Waals surface area contributed by atoms with E-state index in [1.54, 1.807) is 0 Å². The summed E-state index contributed by atoms with van der Waals surface area (Å²) in [5.74, 6) is -1.54. The zero-order valence-corrected chi connectivity index (χ0v) is 11.3. The third-order valence-electron chi connectivity index (χ3n) is 4.46. The van der Waals surface area contributed by atoms with Crippen LogP contribution in [0.25, 0.3) is 0 Å². The van der Waals surface area contributed by atoms with Crippen molar-refractivity contribution in [2.24, 2.45) is 17.8 Å². The SMILES string of the molecule is CCC(CC)CC(O)C1CCCCC1C(F)(F)F. The Balaban J connectivity index is 2.65. The lowest BCUT2D eigenvalue weighted by atomic mass is 9.73. The quantitative estimate of drug-likeness (QED) is 0.774. The van der Waals surface area contributed by atoms with Crippen LogP contribution in [0.15, 0.2) is 0 Å². The topological polar surface area (TPSA) is 20.2 Å². The van der Waals surface area contributed by atoms with Gasteiger partial charge in [-0.15, -0.1) is 0 Å². The first-order valence-corrected chi connectivity index (χ1v) is 7.14. The first-order valence-electron chi connectivity index (χ1n) is 7.14.